The highest BCUT2D eigenvalue weighted by Crippen LogP contribution is 2.25. The molecule has 0 amide bonds. The Hall–Kier alpha value is -0.700. The van der Waals surface area contributed by atoms with Gasteiger partial charge in [0.15, 0.2) is 0 Å². The molecule has 1 unspecified atom stereocenters. The second kappa shape index (κ2) is 6.38. The first kappa shape index (κ1) is 15.7. The first-order valence-corrected chi connectivity index (χ1v) is 8.43. The Balaban J connectivity index is 1.99. The second-order valence-corrected chi connectivity index (χ2v) is 7.50. The lowest BCUT2D eigenvalue weighted by Crippen LogP contribution is -2.51. The van der Waals surface area contributed by atoms with E-state index in [-0.39, 0.29) is 25.6 Å². The standard InChI is InChI=1S/C12H22N2O5S/c15-9-10-2-1-5-14(8-10)20(18,19)13-6-3-11(4-7-13)12(16)17/h10-11,15H,1-9H2,(H,16,17). The molecule has 0 bridgehead atoms. The lowest BCUT2D eigenvalue weighted by molar-refractivity contribution is -0.142. The Morgan fingerprint density at radius 2 is 1.75 bits per heavy atom. The summed E-state index contributed by atoms with van der Waals surface area (Å²) in [5, 5.41) is 18.1. The number of hydrogen-bond donors (Lipinski definition) is 2. The van der Waals surface area contributed by atoms with Crippen LogP contribution < -0.4 is 0 Å². The fourth-order valence-corrected chi connectivity index (χ4v) is 4.64. The molecule has 0 aromatic heterocycles. The van der Waals surface area contributed by atoms with E-state index in [1.54, 1.807) is 0 Å². The van der Waals surface area contributed by atoms with Crippen LogP contribution in [-0.4, -0.2) is 66.0 Å². The van der Waals surface area contributed by atoms with E-state index >= 15 is 0 Å². The number of carboxylic acids is 1. The maximum Gasteiger partial charge on any atom is 0.306 e. The number of aliphatic carboxylic acids is 1. The van der Waals surface area contributed by atoms with Crippen LogP contribution in [0, 0.1) is 11.8 Å². The summed E-state index contributed by atoms with van der Waals surface area (Å²) in [6.07, 6.45) is 2.34. The first-order valence-electron chi connectivity index (χ1n) is 7.04. The van der Waals surface area contributed by atoms with Crippen molar-refractivity contribution < 1.29 is 23.4 Å². The van der Waals surface area contributed by atoms with E-state index in [1.165, 1.54) is 8.61 Å². The number of carboxylic acid groups (broad SMARTS) is 1. The van der Waals surface area contributed by atoms with Gasteiger partial charge >= 0.3 is 5.97 Å². The zero-order valence-corrected chi connectivity index (χ0v) is 12.3. The maximum absolute atomic E-state index is 12.5. The third kappa shape index (κ3) is 3.30. The molecule has 0 radical (unpaired) electrons. The molecular formula is C12H22N2O5S. The van der Waals surface area contributed by atoms with Gasteiger partial charge in [-0.3, -0.25) is 4.79 Å². The summed E-state index contributed by atoms with van der Waals surface area (Å²) in [6.45, 7) is 1.38. The second-order valence-electron chi connectivity index (χ2n) is 5.57. The molecule has 0 saturated carbocycles. The van der Waals surface area contributed by atoms with Crippen molar-refractivity contribution in [3.63, 3.8) is 0 Å². The Bertz CT molecular complexity index is 445. The smallest absolute Gasteiger partial charge is 0.306 e. The summed E-state index contributed by atoms with van der Waals surface area (Å²) in [7, 11) is -3.51. The molecule has 2 aliphatic rings. The number of nitrogens with zero attached hydrogens (tertiary/aromatic N) is 2. The highest BCUT2D eigenvalue weighted by molar-refractivity contribution is 7.86. The maximum atomic E-state index is 12.5. The topological polar surface area (TPSA) is 98.2 Å². The lowest BCUT2D eigenvalue weighted by Gasteiger charge is -2.37. The van der Waals surface area contributed by atoms with Gasteiger partial charge in [0.1, 0.15) is 0 Å². The molecular weight excluding hydrogens is 284 g/mol. The first-order chi connectivity index (χ1) is 9.45. The van der Waals surface area contributed by atoms with Gasteiger partial charge in [0, 0.05) is 32.8 Å². The molecule has 2 aliphatic heterocycles. The van der Waals surface area contributed by atoms with Gasteiger partial charge in [-0.2, -0.15) is 17.0 Å². The fraction of sp³-hybridized carbons (Fsp3) is 0.917. The highest BCUT2D eigenvalue weighted by atomic mass is 32.2. The van der Waals surface area contributed by atoms with Crippen molar-refractivity contribution >= 4 is 16.2 Å². The van der Waals surface area contributed by atoms with Crippen LogP contribution in [0.1, 0.15) is 25.7 Å². The molecule has 0 spiro atoms. The van der Waals surface area contributed by atoms with Crippen molar-refractivity contribution in [2.75, 3.05) is 32.8 Å². The molecule has 2 rings (SSSR count). The summed E-state index contributed by atoms with van der Waals surface area (Å²) < 4.78 is 27.8. The average Bonchev–Trinajstić information content (AvgIpc) is 2.47. The molecule has 2 saturated heterocycles. The van der Waals surface area contributed by atoms with Gasteiger partial charge in [0.05, 0.1) is 5.92 Å². The van der Waals surface area contributed by atoms with Crippen molar-refractivity contribution in [2.24, 2.45) is 11.8 Å². The van der Waals surface area contributed by atoms with Crippen LogP contribution in [-0.2, 0) is 15.0 Å². The van der Waals surface area contributed by atoms with E-state index in [4.69, 9.17) is 5.11 Å². The summed E-state index contributed by atoms with van der Waals surface area (Å²) in [5.74, 6) is -1.27. The molecule has 2 heterocycles. The summed E-state index contributed by atoms with van der Waals surface area (Å²) in [4.78, 5) is 10.9. The fourth-order valence-electron chi connectivity index (χ4n) is 2.88. The Labute approximate surface area is 119 Å². The third-order valence-corrected chi connectivity index (χ3v) is 6.20. The minimum Gasteiger partial charge on any atom is -0.481 e. The number of piperidine rings is 2. The Morgan fingerprint density at radius 1 is 1.10 bits per heavy atom. The van der Waals surface area contributed by atoms with Crippen LogP contribution in [0.3, 0.4) is 0 Å². The van der Waals surface area contributed by atoms with Gasteiger partial charge in [-0.15, -0.1) is 0 Å². The zero-order valence-electron chi connectivity index (χ0n) is 11.4. The average molecular weight is 306 g/mol. The SMILES string of the molecule is O=C(O)C1CCN(S(=O)(=O)N2CCCC(CO)C2)CC1. The van der Waals surface area contributed by atoms with E-state index in [0.29, 0.717) is 25.9 Å². The van der Waals surface area contributed by atoms with Gasteiger partial charge < -0.3 is 10.2 Å². The third-order valence-electron chi connectivity index (χ3n) is 4.20. The predicted octanol–water partition coefficient (Wildman–Crippen LogP) is -0.268. The monoisotopic (exact) mass is 306 g/mol. The van der Waals surface area contributed by atoms with Gasteiger partial charge in [-0.05, 0) is 31.6 Å². The molecule has 8 heteroatoms. The molecule has 2 N–H and O–H groups in total. The predicted molar refractivity (Wildman–Crippen MR) is 72.2 cm³/mol. The molecule has 20 heavy (non-hydrogen) atoms. The molecule has 0 aromatic carbocycles. The van der Waals surface area contributed by atoms with Crippen molar-refractivity contribution in [1.29, 1.82) is 0 Å². The molecule has 0 aliphatic carbocycles. The minimum atomic E-state index is -3.51. The quantitative estimate of drug-likeness (QED) is 0.745. The Morgan fingerprint density at radius 3 is 2.30 bits per heavy atom. The molecule has 1 atom stereocenters. The normalized spacial score (nSPS) is 27.6. The molecule has 7 nitrogen and oxygen atoms in total. The van der Waals surface area contributed by atoms with Gasteiger partial charge in [-0.1, -0.05) is 0 Å². The van der Waals surface area contributed by atoms with Crippen LogP contribution in [0.4, 0.5) is 0 Å². The number of aliphatic hydroxyl groups excluding tert-OH is 1. The van der Waals surface area contributed by atoms with Crippen LogP contribution in [0.5, 0.6) is 0 Å². The van der Waals surface area contributed by atoms with E-state index in [0.717, 1.165) is 12.8 Å². The molecule has 2 fully saturated rings. The summed E-state index contributed by atoms with van der Waals surface area (Å²) in [6, 6.07) is 0. The molecule has 0 aromatic rings. The largest absolute Gasteiger partial charge is 0.481 e. The van der Waals surface area contributed by atoms with E-state index in [2.05, 4.69) is 0 Å². The van der Waals surface area contributed by atoms with Gasteiger partial charge in [0.2, 0.25) is 0 Å². The number of hydrogen-bond acceptors (Lipinski definition) is 4. The van der Waals surface area contributed by atoms with Crippen molar-refractivity contribution in [2.45, 2.75) is 25.7 Å². The van der Waals surface area contributed by atoms with Crippen molar-refractivity contribution in [1.82, 2.24) is 8.61 Å². The van der Waals surface area contributed by atoms with Crippen LogP contribution in [0.2, 0.25) is 0 Å². The number of aliphatic hydroxyl groups is 1. The van der Waals surface area contributed by atoms with E-state index < -0.39 is 22.1 Å². The minimum absolute atomic E-state index is 0.00705. The van der Waals surface area contributed by atoms with Crippen LogP contribution in [0.25, 0.3) is 0 Å². The molecule has 116 valence electrons. The Kier molecular flexibility index (Phi) is 5.00. The van der Waals surface area contributed by atoms with Gasteiger partial charge in [0.25, 0.3) is 10.2 Å². The van der Waals surface area contributed by atoms with Gasteiger partial charge in [-0.25, -0.2) is 0 Å². The summed E-state index contributed by atoms with van der Waals surface area (Å²) >= 11 is 0. The lowest BCUT2D eigenvalue weighted by atomic mass is 9.99. The van der Waals surface area contributed by atoms with E-state index in [1.807, 2.05) is 0 Å². The van der Waals surface area contributed by atoms with Crippen molar-refractivity contribution in [3.8, 4) is 0 Å². The highest BCUT2D eigenvalue weighted by Gasteiger charge is 2.36. The number of carbonyl (C=O) groups is 1. The number of rotatable bonds is 4. The van der Waals surface area contributed by atoms with Crippen LogP contribution in [0.15, 0.2) is 0 Å². The zero-order chi connectivity index (χ0) is 14.8. The summed E-state index contributed by atoms with van der Waals surface area (Å²) in [5.41, 5.74) is 0. The van der Waals surface area contributed by atoms with E-state index in [9.17, 15) is 18.3 Å². The van der Waals surface area contributed by atoms with Crippen LogP contribution >= 0.6 is 0 Å². The van der Waals surface area contributed by atoms with Crippen molar-refractivity contribution in [3.05, 3.63) is 0 Å².